The van der Waals surface area contributed by atoms with Gasteiger partial charge in [-0.05, 0) is 40.6 Å². The van der Waals surface area contributed by atoms with E-state index in [9.17, 15) is 9.90 Å². The lowest BCUT2D eigenvalue weighted by Crippen LogP contribution is -2.05. The molecule has 29 heavy (non-hydrogen) atoms. The van der Waals surface area contributed by atoms with Crippen molar-refractivity contribution in [3.63, 3.8) is 0 Å². The van der Waals surface area contributed by atoms with E-state index >= 15 is 0 Å². The number of carboxylic acid groups (broad SMARTS) is 1. The summed E-state index contributed by atoms with van der Waals surface area (Å²) in [6.07, 6.45) is 0. The van der Waals surface area contributed by atoms with E-state index in [1.165, 1.54) is 0 Å². The summed E-state index contributed by atoms with van der Waals surface area (Å²) >= 11 is 0. The van der Waals surface area contributed by atoms with Gasteiger partial charge in [0, 0.05) is 17.8 Å². The third-order valence-electron chi connectivity index (χ3n) is 4.81. The maximum Gasteiger partial charge on any atom is 0.335 e. The van der Waals surface area contributed by atoms with Gasteiger partial charge in [0.25, 0.3) is 0 Å². The topological polar surface area (TPSA) is 58.6 Å². The molecule has 0 saturated carbocycles. The van der Waals surface area contributed by atoms with Gasteiger partial charge in [-0.25, -0.2) is 4.79 Å². The Bertz CT molecular complexity index is 1140. The summed E-state index contributed by atoms with van der Waals surface area (Å²) in [5.41, 5.74) is 3.16. The molecule has 0 saturated heterocycles. The molecule has 0 bridgehead atoms. The Morgan fingerprint density at radius 1 is 0.862 bits per heavy atom. The third-order valence-corrected chi connectivity index (χ3v) is 4.81. The number of ether oxygens (including phenoxy) is 1. The van der Waals surface area contributed by atoms with Gasteiger partial charge in [0.1, 0.15) is 12.4 Å². The molecule has 0 radical (unpaired) electrons. The molecule has 4 heteroatoms. The Hall–Kier alpha value is -3.79. The van der Waals surface area contributed by atoms with Crippen LogP contribution in [0.1, 0.15) is 21.5 Å². The Morgan fingerprint density at radius 3 is 2.48 bits per heavy atom. The molecule has 0 aliphatic heterocycles. The predicted octanol–water partition coefficient (Wildman–Crippen LogP) is 5.73. The molecule has 0 amide bonds. The lowest BCUT2D eigenvalue weighted by atomic mass is 10.0. The van der Waals surface area contributed by atoms with Crippen LogP contribution in [0.4, 0.5) is 5.69 Å². The van der Waals surface area contributed by atoms with Gasteiger partial charge in [-0.3, -0.25) is 0 Å². The molecular formula is C25H21NO3. The highest BCUT2D eigenvalue weighted by molar-refractivity contribution is 5.89. The fourth-order valence-corrected chi connectivity index (χ4v) is 3.32. The lowest BCUT2D eigenvalue weighted by molar-refractivity contribution is 0.0697. The maximum atomic E-state index is 11.2. The molecule has 0 fully saturated rings. The largest absolute Gasteiger partial charge is 0.489 e. The number of benzene rings is 4. The third kappa shape index (κ3) is 4.38. The van der Waals surface area contributed by atoms with Crippen LogP contribution < -0.4 is 10.1 Å². The van der Waals surface area contributed by atoms with Crippen LogP contribution in [-0.4, -0.2) is 11.1 Å². The highest BCUT2D eigenvalue weighted by atomic mass is 16.5. The first-order valence-corrected chi connectivity index (χ1v) is 9.45. The van der Waals surface area contributed by atoms with Crippen molar-refractivity contribution < 1.29 is 14.6 Å². The molecule has 0 aliphatic carbocycles. The number of aromatic carboxylic acids is 1. The first-order valence-electron chi connectivity index (χ1n) is 9.45. The van der Waals surface area contributed by atoms with Crippen LogP contribution in [0, 0.1) is 0 Å². The molecule has 0 atom stereocenters. The SMILES string of the molecule is O=C(O)c1cccc(NCc2c(OCc3ccccc3)ccc3ccccc23)c1. The van der Waals surface area contributed by atoms with E-state index in [0.717, 1.165) is 33.3 Å². The molecule has 4 aromatic carbocycles. The van der Waals surface area contributed by atoms with Crippen molar-refractivity contribution in [2.45, 2.75) is 13.2 Å². The van der Waals surface area contributed by atoms with E-state index in [1.54, 1.807) is 18.2 Å². The zero-order chi connectivity index (χ0) is 20.1. The molecule has 0 unspecified atom stereocenters. The maximum absolute atomic E-state index is 11.2. The Morgan fingerprint density at radius 2 is 1.66 bits per heavy atom. The lowest BCUT2D eigenvalue weighted by Gasteiger charge is -2.16. The van der Waals surface area contributed by atoms with Crippen molar-refractivity contribution in [1.82, 2.24) is 0 Å². The molecule has 0 aliphatic rings. The van der Waals surface area contributed by atoms with Crippen LogP contribution in [0.2, 0.25) is 0 Å². The van der Waals surface area contributed by atoms with E-state index in [2.05, 4.69) is 23.5 Å². The quantitative estimate of drug-likeness (QED) is 0.428. The van der Waals surface area contributed by atoms with Gasteiger partial charge in [0.15, 0.2) is 0 Å². The van der Waals surface area contributed by atoms with Gasteiger partial charge in [-0.2, -0.15) is 0 Å². The van der Waals surface area contributed by atoms with Gasteiger partial charge in [-0.15, -0.1) is 0 Å². The zero-order valence-electron chi connectivity index (χ0n) is 15.8. The van der Waals surface area contributed by atoms with Gasteiger partial charge in [0.2, 0.25) is 0 Å². The molecule has 2 N–H and O–H groups in total. The summed E-state index contributed by atoms with van der Waals surface area (Å²) in [5.74, 6) is -0.125. The summed E-state index contributed by atoms with van der Waals surface area (Å²) in [7, 11) is 0. The highest BCUT2D eigenvalue weighted by Gasteiger charge is 2.10. The molecule has 144 valence electrons. The summed E-state index contributed by atoms with van der Waals surface area (Å²) < 4.78 is 6.15. The van der Waals surface area contributed by atoms with Crippen molar-refractivity contribution in [3.8, 4) is 5.75 Å². The molecule has 4 rings (SSSR count). The second-order valence-electron chi connectivity index (χ2n) is 6.78. The minimum Gasteiger partial charge on any atom is -0.489 e. The van der Waals surface area contributed by atoms with Gasteiger partial charge in [-0.1, -0.05) is 66.7 Å². The standard InChI is InChI=1S/C25H21NO3/c27-25(28)20-10-6-11-21(15-20)26-16-23-22-12-5-4-9-19(22)13-14-24(23)29-17-18-7-2-1-3-8-18/h1-15,26H,16-17H2,(H,27,28). The number of hydrogen-bond donors (Lipinski definition) is 2. The van der Waals surface area contributed by atoms with Crippen LogP contribution in [0.15, 0.2) is 91.0 Å². The van der Waals surface area contributed by atoms with Gasteiger partial charge in [0.05, 0.1) is 5.56 Å². The predicted molar refractivity (Wildman–Crippen MR) is 115 cm³/mol. The first kappa shape index (κ1) is 18.6. The van der Waals surface area contributed by atoms with Crippen LogP contribution in [-0.2, 0) is 13.2 Å². The summed E-state index contributed by atoms with van der Waals surface area (Å²) in [4.78, 5) is 11.2. The van der Waals surface area contributed by atoms with Crippen molar-refractivity contribution in [1.29, 1.82) is 0 Å². The minimum absolute atomic E-state index is 0.258. The number of fused-ring (bicyclic) bond motifs is 1. The van der Waals surface area contributed by atoms with Crippen LogP contribution in [0.3, 0.4) is 0 Å². The molecule has 4 aromatic rings. The molecule has 0 heterocycles. The van der Waals surface area contributed by atoms with E-state index in [4.69, 9.17) is 4.74 Å². The van der Waals surface area contributed by atoms with Crippen LogP contribution in [0.5, 0.6) is 5.75 Å². The fraction of sp³-hybridized carbons (Fsp3) is 0.0800. The average Bonchev–Trinajstić information content (AvgIpc) is 2.77. The zero-order valence-corrected chi connectivity index (χ0v) is 15.8. The highest BCUT2D eigenvalue weighted by Crippen LogP contribution is 2.30. The van der Waals surface area contributed by atoms with E-state index < -0.39 is 5.97 Å². The van der Waals surface area contributed by atoms with Crippen molar-refractivity contribution in [2.75, 3.05) is 5.32 Å². The second-order valence-corrected chi connectivity index (χ2v) is 6.78. The van der Waals surface area contributed by atoms with Crippen molar-refractivity contribution >= 4 is 22.4 Å². The smallest absolute Gasteiger partial charge is 0.335 e. The normalized spacial score (nSPS) is 10.6. The summed E-state index contributed by atoms with van der Waals surface area (Å²) in [6, 6.07) is 29.1. The number of rotatable bonds is 7. The molecule has 0 spiro atoms. The Balaban J connectivity index is 1.62. The van der Waals surface area contributed by atoms with E-state index in [-0.39, 0.29) is 5.56 Å². The van der Waals surface area contributed by atoms with E-state index in [1.807, 2.05) is 54.6 Å². The number of carbonyl (C=O) groups is 1. The Kier molecular flexibility index (Phi) is 5.43. The molecule has 0 aromatic heterocycles. The summed E-state index contributed by atoms with van der Waals surface area (Å²) in [5, 5.41) is 14.8. The van der Waals surface area contributed by atoms with Crippen LogP contribution >= 0.6 is 0 Å². The van der Waals surface area contributed by atoms with Gasteiger partial charge >= 0.3 is 5.97 Å². The summed E-state index contributed by atoms with van der Waals surface area (Å²) in [6.45, 7) is 1.01. The first-order chi connectivity index (χ1) is 14.2. The Labute approximate surface area is 169 Å². The number of hydrogen-bond acceptors (Lipinski definition) is 3. The number of anilines is 1. The second kappa shape index (κ2) is 8.48. The fourth-order valence-electron chi connectivity index (χ4n) is 3.32. The van der Waals surface area contributed by atoms with Crippen molar-refractivity contribution in [3.05, 3.63) is 108 Å². The number of carboxylic acids is 1. The van der Waals surface area contributed by atoms with Gasteiger partial charge < -0.3 is 15.2 Å². The number of nitrogens with one attached hydrogen (secondary N) is 1. The molecule has 4 nitrogen and oxygen atoms in total. The molecular weight excluding hydrogens is 362 g/mol. The van der Waals surface area contributed by atoms with E-state index in [0.29, 0.717) is 13.2 Å². The monoisotopic (exact) mass is 383 g/mol. The van der Waals surface area contributed by atoms with Crippen LogP contribution in [0.25, 0.3) is 10.8 Å². The average molecular weight is 383 g/mol. The van der Waals surface area contributed by atoms with Crippen molar-refractivity contribution in [2.24, 2.45) is 0 Å². The minimum atomic E-state index is -0.939.